The van der Waals surface area contributed by atoms with E-state index >= 15 is 0 Å². The Labute approximate surface area is 86.8 Å². The third-order valence-electron chi connectivity index (χ3n) is 1.84. The maximum Gasteiger partial charge on any atom is 0.133 e. The van der Waals surface area contributed by atoms with E-state index in [1.165, 1.54) is 6.33 Å². The fraction of sp³-hybridized carbons (Fsp3) is 0.100. The number of nitrogens with zero attached hydrogens (tertiary/aromatic N) is 3. The Kier molecular flexibility index (Phi) is 2.41. The second-order valence-corrected chi connectivity index (χ2v) is 3.30. The molecule has 0 aliphatic heterocycles. The Balaban J connectivity index is 2.44. The van der Waals surface area contributed by atoms with Crippen LogP contribution in [0.25, 0.3) is 11.3 Å². The second kappa shape index (κ2) is 3.72. The molecule has 0 aliphatic carbocycles. The molecule has 0 spiro atoms. The van der Waals surface area contributed by atoms with Gasteiger partial charge in [-0.1, -0.05) is 11.6 Å². The summed E-state index contributed by atoms with van der Waals surface area (Å²) in [4.78, 5) is 12.1. The molecule has 0 aliphatic rings. The highest BCUT2D eigenvalue weighted by Gasteiger charge is 2.00. The van der Waals surface area contributed by atoms with E-state index in [9.17, 15) is 0 Å². The average molecular weight is 206 g/mol. The molecule has 2 heterocycles. The fourth-order valence-corrected chi connectivity index (χ4v) is 1.26. The van der Waals surface area contributed by atoms with E-state index in [0.29, 0.717) is 5.15 Å². The number of aryl methyl sites for hydroxylation is 1. The van der Waals surface area contributed by atoms with Gasteiger partial charge in [-0.2, -0.15) is 0 Å². The van der Waals surface area contributed by atoms with Crippen molar-refractivity contribution in [1.82, 2.24) is 15.0 Å². The van der Waals surface area contributed by atoms with Crippen LogP contribution in [0.15, 0.2) is 30.7 Å². The van der Waals surface area contributed by atoms with Gasteiger partial charge < -0.3 is 0 Å². The molecular formula is C10H8ClN3. The average Bonchev–Trinajstić information content (AvgIpc) is 2.19. The number of halogens is 1. The summed E-state index contributed by atoms with van der Waals surface area (Å²) in [6.07, 6.45) is 3.21. The quantitative estimate of drug-likeness (QED) is 0.672. The Morgan fingerprint density at radius 1 is 1.14 bits per heavy atom. The molecule has 2 aromatic rings. The third-order valence-corrected chi connectivity index (χ3v) is 2.05. The molecule has 0 saturated heterocycles. The summed E-state index contributed by atoms with van der Waals surface area (Å²) in [5.41, 5.74) is 2.71. The highest BCUT2D eigenvalue weighted by Crippen LogP contribution is 2.17. The van der Waals surface area contributed by atoms with Gasteiger partial charge in [-0.3, -0.25) is 4.98 Å². The van der Waals surface area contributed by atoms with Gasteiger partial charge in [0.2, 0.25) is 0 Å². The van der Waals surface area contributed by atoms with E-state index in [1.807, 2.05) is 19.1 Å². The summed E-state index contributed by atoms with van der Waals surface area (Å²) in [6.45, 7) is 1.94. The first-order valence-corrected chi connectivity index (χ1v) is 4.54. The summed E-state index contributed by atoms with van der Waals surface area (Å²) in [5.74, 6) is 0. The molecular weight excluding hydrogens is 198 g/mol. The summed E-state index contributed by atoms with van der Waals surface area (Å²) < 4.78 is 0. The highest BCUT2D eigenvalue weighted by atomic mass is 35.5. The van der Waals surface area contributed by atoms with E-state index in [-0.39, 0.29) is 0 Å². The normalized spacial score (nSPS) is 10.1. The number of pyridine rings is 1. The molecule has 0 bridgehead atoms. The lowest BCUT2D eigenvalue weighted by Gasteiger charge is -1.99. The number of hydrogen-bond acceptors (Lipinski definition) is 3. The van der Waals surface area contributed by atoms with E-state index < -0.39 is 0 Å². The summed E-state index contributed by atoms with van der Waals surface area (Å²) in [6, 6.07) is 5.61. The number of aromatic nitrogens is 3. The zero-order valence-electron chi connectivity index (χ0n) is 7.61. The minimum Gasteiger partial charge on any atom is -0.261 e. The van der Waals surface area contributed by atoms with Crippen LogP contribution >= 0.6 is 11.6 Å². The van der Waals surface area contributed by atoms with E-state index in [1.54, 1.807) is 12.3 Å². The predicted octanol–water partition coefficient (Wildman–Crippen LogP) is 2.50. The van der Waals surface area contributed by atoms with Gasteiger partial charge in [0.05, 0.1) is 5.69 Å². The SMILES string of the molecule is Cc1ccc(-c2cc(Cl)ncn2)cn1. The lowest BCUT2D eigenvalue weighted by Crippen LogP contribution is -1.87. The molecule has 0 fully saturated rings. The van der Waals surface area contributed by atoms with E-state index in [2.05, 4.69) is 15.0 Å². The van der Waals surface area contributed by atoms with Gasteiger partial charge in [-0.15, -0.1) is 0 Å². The van der Waals surface area contributed by atoms with Crippen molar-refractivity contribution in [2.75, 3.05) is 0 Å². The largest absolute Gasteiger partial charge is 0.261 e. The molecule has 0 radical (unpaired) electrons. The van der Waals surface area contributed by atoms with Crippen molar-refractivity contribution < 1.29 is 0 Å². The fourth-order valence-electron chi connectivity index (χ4n) is 1.11. The van der Waals surface area contributed by atoms with Crippen molar-refractivity contribution in [3.8, 4) is 11.3 Å². The van der Waals surface area contributed by atoms with Crippen molar-refractivity contribution in [3.63, 3.8) is 0 Å². The van der Waals surface area contributed by atoms with E-state index in [4.69, 9.17) is 11.6 Å². The zero-order valence-corrected chi connectivity index (χ0v) is 8.36. The summed E-state index contributed by atoms with van der Waals surface area (Å²) in [7, 11) is 0. The predicted molar refractivity (Wildman–Crippen MR) is 55.0 cm³/mol. The Bertz CT molecular complexity index is 439. The van der Waals surface area contributed by atoms with Crippen LogP contribution in [0, 0.1) is 6.92 Å². The maximum atomic E-state index is 5.75. The highest BCUT2D eigenvalue weighted by molar-refractivity contribution is 6.29. The molecule has 2 rings (SSSR count). The Morgan fingerprint density at radius 3 is 2.64 bits per heavy atom. The first kappa shape index (κ1) is 9.09. The molecule has 0 unspecified atom stereocenters. The van der Waals surface area contributed by atoms with Crippen molar-refractivity contribution >= 4 is 11.6 Å². The molecule has 0 amide bonds. The molecule has 3 nitrogen and oxygen atoms in total. The lowest BCUT2D eigenvalue weighted by atomic mass is 10.2. The zero-order chi connectivity index (χ0) is 9.97. The van der Waals surface area contributed by atoms with Crippen molar-refractivity contribution in [2.45, 2.75) is 6.92 Å². The third kappa shape index (κ3) is 1.88. The van der Waals surface area contributed by atoms with Crippen LogP contribution < -0.4 is 0 Å². The standard InChI is InChI=1S/C10H8ClN3/c1-7-2-3-8(5-12-7)9-4-10(11)14-6-13-9/h2-6H,1H3. The van der Waals surface area contributed by atoms with E-state index in [0.717, 1.165) is 17.0 Å². The van der Waals surface area contributed by atoms with Crippen LogP contribution in [0.2, 0.25) is 5.15 Å². The monoisotopic (exact) mass is 205 g/mol. The molecule has 0 aromatic carbocycles. The van der Waals surface area contributed by atoms with Crippen molar-refractivity contribution in [1.29, 1.82) is 0 Å². The van der Waals surface area contributed by atoms with Crippen LogP contribution in [0.5, 0.6) is 0 Å². The minimum absolute atomic E-state index is 0.440. The lowest BCUT2D eigenvalue weighted by molar-refractivity contribution is 1.15. The van der Waals surface area contributed by atoms with Gasteiger partial charge >= 0.3 is 0 Å². The van der Waals surface area contributed by atoms with Crippen molar-refractivity contribution in [2.24, 2.45) is 0 Å². The van der Waals surface area contributed by atoms with Crippen LogP contribution in [-0.4, -0.2) is 15.0 Å². The first-order valence-electron chi connectivity index (χ1n) is 4.16. The van der Waals surface area contributed by atoms with Gasteiger partial charge in [-0.05, 0) is 19.1 Å². The van der Waals surface area contributed by atoms with Gasteiger partial charge in [0.25, 0.3) is 0 Å². The number of hydrogen-bond donors (Lipinski definition) is 0. The number of rotatable bonds is 1. The van der Waals surface area contributed by atoms with Gasteiger partial charge in [0.1, 0.15) is 11.5 Å². The van der Waals surface area contributed by atoms with Crippen LogP contribution in [0.1, 0.15) is 5.69 Å². The molecule has 0 atom stereocenters. The molecule has 0 N–H and O–H groups in total. The Hall–Kier alpha value is -1.48. The van der Waals surface area contributed by atoms with Gasteiger partial charge in [0.15, 0.2) is 0 Å². The smallest absolute Gasteiger partial charge is 0.133 e. The molecule has 0 saturated carbocycles. The first-order chi connectivity index (χ1) is 6.75. The van der Waals surface area contributed by atoms with Gasteiger partial charge in [0, 0.05) is 23.5 Å². The van der Waals surface area contributed by atoms with Crippen LogP contribution in [-0.2, 0) is 0 Å². The molecule has 14 heavy (non-hydrogen) atoms. The molecule has 70 valence electrons. The Morgan fingerprint density at radius 2 is 2.00 bits per heavy atom. The van der Waals surface area contributed by atoms with Gasteiger partial charge in [-0.25, -0.2) is 9.97 Å². The maximum absolute atomic E-state index is 5.75. The van der Waals surface area contributed by atoms with Crippen molar-refractivity contribution in [3.05, 3.63) is 41.6 Å². The minimum atomic E-state index is 0.440. The second-order valence-electron chi connectivity index (χ2n) is 2.91. The summed E-state index contributed by atoms with van der Waals surface area (Å²) >= 11 is 5.75. The molecule has 2 aromatic heterocycles. The molecule has 4 heteroatoms. The van der Waals surface area contributed by atoms with Crippen LogP contribution in [0.3, 0.4) is 0 Å². The topological polar surface area (TPSA) is 38.7 Å². The van der Waals surface area contributed by atoms with Crippen LogP contribution in [0.4, 0.5) is 0 Å². The summed E-state index contributed by atoms with van der Waals surface area (Å²) in [5, 5.41) is 0.440.